The number of aliphatic hydroxyl groups is 2. The van der Waals surface area contributed by atoms with E-state index >= 15 is 0 Å². The fourth-order valence-corrected chi connectivity index (χ4v) is 5.52. The van der Waals surface area contributed by atoms with Crippen LogP contribution in [0.15, 0.2) is 42.7 Å². The number of pyridine rings is 1. The van der Waals surface area contributed by atoms with Crippen LogP contribution in [-0.2, 0) is 5.60 Å². The number of likely N-dealkylation sites (tertiary alicyclic amines) is 1. The minimum Gasteiger partial charge on any atom is -0.396 e. The molecule has 2 aromatic rings. The Morgan fingerprint density at radius 3 is 2.29 bits per heavy atom. The molecule has 0 aliphatic carbocycles. The molecule has 1 aromatic heterocycles. The zero-order valence-corrected chi connectivity index (χ0v) is 19.6. The predicted molar refractivity (Wildman–Crippen MR) is 125 cm³/mol. The molecule has 0 saturated carbocycles. The summed E-state index contributed by atoms with van der Waals surface area (Å²) in [5.74, 6) is 0.452. The van der Waals surface area contributed by atoms with E-state index in [1.807, 2.05) is 12.4 Å². The molecule has 168 valence electrons. The Kier molecular flexibility index (Phi) is 5.65. The highest BCUT2D eigenvalue weighted by atomic mass is 16.3. The van der Waals surface area contributed by atoms with Crippen LogP contribution in [0.1, 0.15) is 56.7 Å². The molecule has 2 atom stereocenters. The van der Waals surface area contributed by atoms with Crippen LogP contribution in [0.4, 0.5) is 5.69 Å². The van der Waals surface area contributed by atoms with Gasteiger partial charge < -0.3 is 20.0 Å². The average Bonchev–Trinajstić information content (AvgIpc) is 3.15. The van der Waals surface area contributed by atoms with E-state index < -0.39 is 5.60 Å². The number of aromatic nitrogens is 1. The second-order valence-corrected chi connectivity index (χ2v) is 10.8. The highest BCUT2D eigenvalue weighted by Crippen LogP contribution is 2.50. The molecule has 0 radical (unpaired) electrons. The molecular weight excluding hydrogens is 386 g/mol. The van der Waals surface area contributed by atoms with Crippen molar-refractivity contribution >= 4 is 5.69 Å². The molecule has 0 bridgehead atoms. The Hall–Kier alpha value is -1.95. The van der Waals surface area contributed by atoms with Crippen molar-refractivity contribution in [3.63, 3.8) is 0 Å². The van der Waals surface area contributed by atoms with Gasteiger partial charge in [0.1, 0.15) is 5.60 Å². The highest BCUT2D eigenvalue weighted by molar-refractivity contribution is 5.52. The van der Waals surface area contributed by atoms with Crippen LogP contribution in [0.3, 0.4) is 0 Å². The number of benzene rings is 1. The molecule has 31 heavy (non-hydrogen) atoms. The third kappa shape index (κ3) is 3.77. The van der Waals surface area contributed by atoms with Crippen LogP contribution in [0.25, 0.3) is 0 Å². The molecule has 2 saturated heterocycles. The Balaban J connectivity index is 1.75. The van der Waals surface area contributed by atoms with Crippen molar-refractivity contribution in [3.8, 4) is 0 Å². The zero-order valence-electron chi connectivity index (χ0n) is 19.6. The molecule has 3 heterocycles. The summed E-state index contributed by atoms with van der Waals surface area (Å²) in [4.78, 5) is 9.08. The summed E-state index contributed by atoms with van der Waals surface area (Å²) in [5.41, 5.74) is 2.55. The molecule has 0 amide bonds. The molecule has 2 aliphatic heterocycles. The number of hydrogen-bond acceptors (Lipinski definition) is 5. The summed E-state index contributed by atoms with van der Waals surface area (Å²) in [6.45, 7) is 12.2. The summed E-state index contributed by atoms with van der Waals surface area (Å²) in [6.07, 6.45) is 4.66. The van der Waals surface area contributed by atoms with Crippen LogP contribution in [0.2, 0.25) is 0 Å². The summed E-state index contributed by atoms with van der Waals surface area (Å²) < 4.78 is 0. The fourth-order valence-electron chi connectivity index (χ4n) is 5.52. The first-order valence-corrected chi connectivity index (χ1v) is 11.4. The van der Waals surface area contributed by atoms with E-state index in [0.29, 0.717) is 5.92 Å². The normalized spacial score (nSPS) is 25.5. The van der Waals surface area contributed by atoms with Crippen molar-refractivity contribution < 1.29 is 10.2 Å². The van der Waals surface area contributed by atoms with Gasteiger partial charge in [-0.1, -0.05) is 52.0 Å². The van der Waals surface area contributed by atoms with E-state index in [1.54, 1.807) is 0 Å². The van der Waals surface area contributed by atoms with Gasteiger partial charge in [-0.05, 0) is 36.6 Å². The number of hydrogen-bond donors (Lipinski definition) is 2. The quantitative estimate of drug-likeness (QED) is 0.743. The van der Waals surface area contributed by atoms with Gasteiger partial charge in [-0.15, -0.1) is 0 Å². The minimum absolute atomic E-state index is 0.0817. The van der Waals surface area contributed by atoms with E-state index in [-0.39, 0.29) is 17.4 Å². The second kappa shape index (κ2) is 7.88. The highest BCUT2D eigenvalue weighted by Gasteiger charge is 2.55. The van der Waals surface area contributed by atoms with Crippen LogP contribution >= 0.6 is 0 Å². The van der Waals surface area contributed by atoms with Crippen molar-refractivity contribution in [1.29, 1.82) is 0 Å². The maximum atomic E-state index is 12.4. The Bertz CT molecular complexity index is 923. The summed E-state index contributed by atoms with van der Waals surface area (Å²) >= 11 is 0. The summed E-state index contributed by atoms with van der Waals surface area (Å²) in [6, 6.07) is 10.6. The average molecular weight is 424 g/mol. The molecule has 1 aromatic carbocycles. The lowest BCUT2D eigenvalue weighted by Crippen LogP contribution is -2.63. The first-order chi connectivity index (χ1) is 14.6. The topological polar surface area (TPSA) is 59.8 Å². The number of aliphatic hydroxyl groups excluding tert-OH is 1. The minimum atomic E-state index is -1.13. The van der Waals surface area contributed by atoms with Crippen molar-refractivity contribution in [2.24, 2.45) is 10.8 Å². The molecular formula is C26H37N3O2. The largest absolute Gasteiger partial charge is 0.396 e. The fraction of sp³-hybridized carbons (Fsp3) is 0.577. The molecule has 2 fully saturated rings. The Morgan fingerprint density at radius 2 is 1.74 bits per heavy atom. The molecule has 2 aliphatic rings. The third-order valence-corrected chi connectivity index (χ3v) is 7.55. The molecule has 5 nitrogen and oxygen atoms in total. The van der Waals surface area contributed by atoms with Crippen molar-refractivity contribution in [2.75, 3.05) is 44.7 Å². The lowest BCUT2D eigenvalue weighted by atomic mass is 9.62. The molecule has 2 N–H and O–H groups in total. The Morgan fingerprint density at radius 1 is 1.06 bits per heavy atom. The third-order valence-electron chi connectivity index (χ3n) is 7.55. The van der Waals surface area contributed by atoms with Gasteiger partial charge in [0.05, 0.1) is 18.5 Å². The van der Waals surface area contributed by atoms with E-state index in [4.69, 9.17) is 0 Å². The van der Waals surface area contributed by atoms with Gasteiger partial charge in [0, 0.05) is 48.8 Å². The first kappa shape index (κ1) is 22.3. The maximum Gasteiger partial charge on any atom is 0.124 e. The Labute approximate surface area is 186 Å². The number of nitrogens with zero attached hydrogens (tertiary/aromatic N) is 3. The summed E-state index contributed by atoms with van der Waals surface area (Å²) in [5, 5.41) is 22.1. The molecule has 0 spiro atoms. The van der Waals surface area contributed by atoms with Gasteiger partial charge in [0.25, 0.3) is 0 Å². The van der Waals surface area contributed by atoms with Crippen molar-refractivity contribution in [2.45, 2.75) is 45.6 Å². The predicted octanol–water partition coefficient (Wildman–Crippen LogP) is 3.60. The number of anilines is 1. The molecule has 5 heteroatoms. The van der Waals surface area contributed by atoms with Crippen molar-refractivity contribution in [1.82, 2.24) is 9.88 Å². The van der Waals surface area contributed by atoms with Gasteiger partial charge in [-0.25, -0.2) is 0 Å². The lowest BCUT2D eigenvalue weighted by Gasteiger charge is -2.56. The van der Waals surface area contributed by atoms with E-state index in [1.165, 1.54) is 5.56 Å². The van der Waals surface area contributed by atoms with Crippen LogP contribution in [0.5, 0.6) is 0 Å². The number of rotatable bonds is 6. The van der Waals surface area contributed by atoms with Crippen molar-refractivity contribution in [3.05, 3.63) is 59.4 Å². The first-order valence-electron chi connectivity index (χ1n) is 11.4. The standard InChI is InChI=1S/C26H37N3O2/c1-19(2)20-6-8-21(9-7-20)26(31,25(4)16-28(5)17-25)22-12-23(14-27-13-22)29-11-10-24(3,15-29)18-30/h6-9,12-14,19,30-31H,10-11,15-18H2,1-5H3/t24-,26?/m1/s1. The van der Waals surface area contributed by atoms with Crippen LogP contribution in [-0.4, -0.2) is 59.9 Å². The molecule has 1 unspecified atom stereocenters. The summed E-state index contributed by atoms with van der Waals surface area (Å²) in [7, 11) is 2.10. The van der Waals surface area contributed by atoms with Gasteiger partial charge >= 0.3 is 0 Å². The van der Waals surface area contributed by atoms with Gasteiger partial charge in [-0.3, -0.25) is 4.98 Å². The monoisotopic (exact) mass is 423 g/mol. The van der Waals surface area contributed by atoms with E-state index in [9.17, 15) is 10.2 Å². The SMILES string of the molecule is CC(C)c1ccc(C(O)(c2cncc(N3CC[C@@](C)(CO)C3)c2)C2(C)CN(C)C2)cc1. The van der Waals surface area contributed by atoms with Gasteiger partial charge in [0.15, 0.2) is 0 Å². The maximum absolute atomic E-state index is 12.4. The van der Waals surface area contributed by atoms with Gasteiger partial charge in [-0.2, -0.15) is 0 Å². The van der Waals surface area contributed by atoms with Gasteiger partial charge in [0.2, 0.25) is 0 Å². The van der Waals surface area contributed by atoms with E-state index in [2.05, 4.69) is 79.9 Å². The van der Waals surface area contributed by atoms with E-state index in [0.717, 1.165) is 49.4 Å². The van der Waals surface area contributed by atoms with Crippen LogP contribution < -0.4 is 4.90 Å². The van der Waals surface area contributed by atoms with Crippen LogP contribution in [0, 0.1) is 10.8 Å². The second-order valence-electron chi connectivity index (χ2n) is 10.8. The molecule has 4 rings (SSSR count). The zero-order chi connectivity index (χ0) is 22.4. The smallest absolute Gasteiger partial charge is 0.124 e. The lowest BCUT2D eigenvalue weighted by molar-refractivity contribution is -0.127.